The highest BCUT2D eigenvalue weighted by Crippen LogP contribution is 2.24. The van der Waals surface area contributed by atoms with Crippen molar-refractivity contribution >= 4 is 33.1 Å². The Morgan fingerprint density at radius 3 is 2.17 bits per heavy atom. The lowest BCUT2D eigenvalue weighted by Crippen LogP contribution is -2.24. The molecular formula is C21H23N5O3S. The summed E-state index contributed by atoms with van der Waals surface area (Å²) >= 11 is 0. The van der Waals surface area contributed by atoms with E-state index in [0.717, 1.165) is 21.7 Å². The van der Waals surface area contributed by atoms with E-state index in [-0.39, 0.29) is 5.91 Å². The Bertz CT molecular complexity index is 1140. The Labute approximate surface area is 176 Å². The van der Waals surface area contributed by atoms with E-state index in [1.54, 1.807) is 44.7 Å². The third-order valence-electron chi connectivity index (χ3n) is 4.49. The predicted molar refractivity (Wildman–Crippen MR) is 118 cm³/mol. The van der Waals surface area contributed by atoms with Gasteiger partial charge in [0.2, 0.25) is 10.0 Å². The molecule has 8 nitrogen and oxygen atoms in total. The molecule has 9 heteroatoms. The second-order valence-corrected chi connectivity index (χ2v) is 9.01. The number of pyridine rings is 2. The third kappa shape index (κ3) is 4.93. The normalized spacial score (nSPS) is 11.1. The van der Waals surface area contributed by atoms with E-state index in [4.69, 9.17) is 0 Å². The predicted octanol–water partition coefficient (Wildman–Crippen LogP) is 2.98. The van der Waals surface area contributed by atoms with Crippen LogP contribution in [0.1, 0.15) is 10.4 Å². The Hall–Kier alpha value is -3.46. The molecule has 1 aromatic carbocycles. The van der Waals surface area contributed by atoms with Gasteiger partial charge in [-0.15, -0.1) is 0 Å². The van der Waals surface area contributed by atoms with Crippen LogP contribution in [0.2, 0.25) is 0 Å². The molecule has 3 rings (SSSR count). The number of nitrogens with one attached hydrogen (secondary N) is 1. The van der Waals surface area contributed by atoms with Crippen LogP contribution in [0.5, 0.6) is 0 Å². The minimum atomic E-state index is -3.37. The Morgan fingerprint density at radius 1 is 0.933 bits per heavy atom. The van der Waals surface area contributed by atoms with Crippen molar-refractivity contribution in [1.82, 2.24) is 14.9 Å². The van der Waals surface area contributed by atoms with Crippen LogP contribution in [0.25, 0.3) is 11.1 Å². The second-order valence-electron chi connectivity index (χ2n) is 7.00. The van der Waals surface area contributed by atoms with Gasteiger partial charge in [0, 0.05) is 38.5 Å². The van der Waals surface area contributed by atoms with Gasteiger partial charge in [-0.1, -0.05) is 12.1 Å². The fourth-order valence-corrected chi connectivity index (χ4v) is 3.19. The molecule has 1 amide bonds. The van der Waals surface area contributed by atoms with Gasteiger partial charge < -0.3 is 10.2 Å². The van der Waals surface area contributed by atoms with Gasteiger partial charge >= 0.3 is 0 Å². The molecule has 0 fully saturated rings. The fraction of sp³-hybridized carbons (Fsp3) is 0.190. The maximum atomic E-state index is 12.0. The van der Waals surface area contributed by atoms with E-state index in [1.165, 1.54) is 18.1 Å². The number of aromatic nitrogens is 2. The molecule has 2 aromatic heterocycles. The lowest BCUT2D eigenvalue weighted by atomic mass is 10.1. The maximum Gasteiger partial charge on any atom is 0.253 e. The molecule has 0 unspecified atom stereocenters. The summed E-state index contributed by atoms with van der Waals surface area (Å²) in [6, 6.07) is 12.8. The minimum absolute atomic E-state index is 0.0448. The Kier molecular flexibility index (Phi) is 6.02. The Balaban J connectivity index is 1.75. The zero-order valence-corrected chi connectivity index (χ0v) is 18.0. The topological polar surface area (TPSA) is 95.5 Å². The first kappa shape index (κ1) is 21.3. The van der Waals surface area contributed by atoms with Gasteiger partial charge in [-0.05, 0) is 35.9 Å². The first-order valence-corrected chi connectivity index (χ1v) is 10.9. The number of hydrogen-bond acceptors (Lipinski definition) is 6. The molecule has 1 N–H and O–H groups in total. The van der Waals surface area contributed by atoms with E-state index in [1.807, 2.05) is 24.3 Å². The van der Waals surface area contributed by atoms with Crippen molar-refractivity contribution in [3.63, 3.8) is 0 Å². The number of benzene rings is 1. The van der Waals surface area contributed by atoms with E-state index >= 15 is 0 Å². The zero-order valence-electron chi connectivity index (χ0n) is 17.2. The van der Waals surface area contributed by atoms with Crippen molar-refractivity contribution in [2.45, 2.75) is 0 Å². The highest BCUT2D eigenvalue weighted by atomic mass is 32.2. The summed E-state index contributed by atoms with van der Waals surface area (Å²) in [6.07, 6.45) is 5.94. The molecular weight excluding hydrogens is 402 g/mol. The SMILES string of the molecule is CN(C)C(=O)c1ccc(-c2ccc(Nc3cncc(N(C)S(C)(=O)=O)c3)nc2)cc1. The molecule has 0 aliphatic carbocycles. The Morgan fingerprint density at radius 2 is 1.60 bits per heavy atom. The van der Waals surface area contributed by atoms with Crippen LogP contribution in [0.15, 0.2) is 61.1 Å². The van der Waals surface area contributed by atoms with Crippen molar-refractivity contribution in [3.8, 4) is 11.1 Å². The van der Waals surface area contributed by atoms with Crippen LogP contribution in [0, 0.1) is 0 Å². The van der Waals surface area contributed by atoms with E-state index < -0.39 is 10.0 Å². The molecule has 0 saturated heterocycles. The summed E-state index contributed by atoms with van der Waals surface area (Å²) in [6.45, 7) is 0. The van der Waals surface area contributed by atoms with Crippen molar-refractivity contribution in [2.24, 2.45) is 0 Å². The van der Waals surface area contributed by atoms with Crippen LogP contribution >= 0.6 is 0 Å². The van der Waals surface area contributed by atoms with Gasteiger partial charge in [0.1, 0.15) is 5.82 Å². The third-order valence-corrected chi connectivity index (χ3v) is 5.70. The average molecular weight is 426 g/mol. The monoisotopic (exact) mass is 425 g/mol. The first-order valence-electron chi connectivity index (χ1n) is 9.09. The molecule has 0 aliphatic heterocycles. The summed E-state index contributed by atoms with van der Waals surface area (Å²) in [4.78, 5) is 22.0. The van der Waals surface area contributed by atoms with Gasteiger partial charge in [-0.3, -0.25) is 14.1 Å². The lowest BCUT2D eigenvalue weighted by Gasteiger charge is -2.17. The van der Waals surface area contributed by atoms with Gasteiger partial charge in [0.15, 0.2) is 0 Å². The van der Waals surface area contributed by atoms with Crippen molar-refractivity contribution < 1.29 is 13.2 Å². The summed E-state index contributed by atoms with van der Waals surface area (Å²) < 4.78 is 24.6. The summed E-state index contributed by atoms with van der Waals surface area (Å²) in [5.41, 5.74) is 3.55. The minimum Gasteiger partial charge on any atom is -0.345 e. The molecule has 3 aromatic rings. The van der Waals surface area contributed by atoms with Crippen molar-refractivity contribution in [1.29, 1.82) is 0 Å². The molecule has 0 spiro atoms. The van der Waals surface area contributed by atoms with Gasteiger partial charge in [-0.2, -0.15) is 0 Å². The number of anilines is 3. The summed E-state index contributed by atoms with van der Waals surface area (Å²) in [7, 11) is 1.54. The molecule has 0 saturated carbocycles. The summed E-state index contributed by atoms with van der Waals surface area (Å²) in [5.74, 6) is 0.552. The highest BCUT2D eigenvalue weighted by molar-refractivity contribution is 7.92. The average Bonchev–Trinajstić information content (AvgIpc) is 2.73. The quantitative estimate of drug-likeness (QED) is 0.652. The van der Waals surface area contributed by atoms with Crippen LogP contribution in [-0.4, -0.2) is 56.6 Å². The molecule has 0 radical (unpaired) electrons. The number of nitrogens with zero attached hydrogens (tertiary/aromatic N) is 4. The van der Waals surface area contributed by atoms with Gasteiger partial charge in [0.05, 0.1) is 30.0 Å². The van der Waals surface area contributed by atoms with Crippen LogP contribution < -0.4 is 9.62 Å². The number of carbonyl (C=O) groups excluding carboxylic acids is 1. The first-order chi connectivity index (χ1) is 14.1. The van der Waals surface area contributed by atoms with Gasteiger partial charge in [-0.25, -0.2) is 13.4 Å². The maximum absolute atomic E-state index is 12.0. The van der Waals surface area contributed by atoms with Gasteiger partial charge in [0.25, 0.3) is 5.91 Å². The van der Waals surface area contributed by atoms with Crippen LogP contribution in [-0.2, 0) is 10.0 Å². The second kappa shape index (κ2) is 8.50. The van der Waals surface area contributed by atoms with E-state index in [9.17, 15) is 13.2 Å². The fourth-order valence-electron chi connectivity index (χ4n) is 2.71. The molecule has 156 valence electrons. The molecule has 0 aliphatic rings. The van der Waals surface area contributed by atoms with Crippen molar-refractivity contribution in [3.05, 3.63) is 66.6 Å². The van der Waals surface area contributed by atoms with Crippen LogP contribution in [0.4, 0.5) is 17.2 Å². The molecule has 0 atom stereocenters. The number of carbonyl (C=O) groups is 1. The number of rotatable bonds is 6. The largest absolute Gasteiger partial charge is 0.345 e. The van der Waals surface area contributed by atoms with E-state index in [0.29, 0.717) is 22.8 Å². The summed E-state index contributed by atoms with van der Waals surface area (Å²) in [5, 5.41) is 3.12. The van der Waals surface area contributed by atoms with E-state index in [2.05, 4.69) is 15.3 Å². The lowest BCUT2D eigenvalue weighted by molar-refractivity contribution is 0.0827. The van der Waals surface area contributed by atoms with Crippen molar-refractivity contribution in [2.75, 3.05) is 37.0 Å². The molecule has 2 heterocycles. The highest BCUT2D eigenvalue weighted by Gasteiger charge is 2.13. The molecule has 30 heavy (non-hydrogen) atoms. The molecule has 0 bridgehead atoms. The standard InChI is InChI=1S/C21H23N5O3S/c1-25(2)21(27)16-7-5-15(6-8-16)17-9-10-20(23-12-17)24-18-11-19(14-22-13-18)26(3)30(4,28)29/h5-14H,1-4H3,(H,23,24). The number of amides is 1. The van der Waals surface area contributed by atoms with Crippen LogP contribution in [0.3, 0.4) is 0 Å². The zero-order chi connectivity index (χ0) is 21.9. The smallest absolute Gasteiger partial charge is 0.253 e. The number of sulfonamides is 1. The number of hydrogen-bond donors (Lipinski definition) is 1.